The molecule has 1 aromatic rings. The summed E-state index contributed by atoms with van der Waals surface area (Å²) in [6, 6.07) is 5.52. The van der Waals surface area contributed by atoms with Gasteiger partial charge in [-0.2, -0.15) is 0 Å². The fourth-order valence-corrected chi connectivity index (χ4v) is 2.14. The van der Waals surface area contributed by atoms with Gasteiger partial charge in [0.25, 0.3) is 0 Å². The van der Waals surface area contributed by atoms with Crippen LogP contribution in [0.3, 0.4) is 0 Å². The monoisotopic (exact) mass is 277 g/mol. The van der Waals surface area contributed by atoms with E-state index < -0.39 is 0 Å². The summed E-state index contributed by atoms with van der Waals surface area (Å²) in [4.78, 5) is 4.44. The highest BCUT2D eigenvalue weighted by atomic mass is 16.5. The summed E-state index contributed by atoms with van der Waals surface area (Å²) in [6.07, 6.45) is 3.66. The molecule has 0 heterocycles. The SMILES string of the molecule is CCC1(CN=C(N)Nc2cc(OC)ccc2OC)CC1. The summed E-state index contributed by atoms with van der Waals surface area (Å²) < 4.78 is 10.5. The average molecular weight is 277 g/mol. The molecule has 0 amide bonds. The van der Waals surface area contributed by atoms with Gasteiger partial charge in [-0.25, -0.2) is 0 Å². The van der Waals surface area contributed by atoms with E-state index in [1.54, 1.807) is 14.2 Å². The van der Waals surface area contributed by atoms with E-state index in [9.17, 15) is 0 Å². The molecule has 1 saturated carbocycles. The summed E-state index contributed by atoms with van der Waals surface area (Å²) in [5, 5.41) is 3.08. The second-order valence-electron chi connectivity index (χ2n) is 5.25. The Morgan fingerprint density at radius 3 is 2.65 bits per heavy atom. The van der Waals surface area contributed by atoms with E-state index in [0.29, 0.717) is 17.1 Å². The number of ether oxygens (including phenoxy) is 2. The van der Waals surface area contributed by atoms with Crippen LogP contribution in [0.1, 0.15) is 26.2 Å². The number of nitrogens with two attached hydrogens (primary N) is 1. The van der Waals surface area contributed by atoms with Crippen molar-refractivity contribution in [2.75, 3.05) is 26.1 Å². The number of hydrogen-bond donors (Lipinski definition) is 2. The van der Waals surface area contributed by atoms with Gasteiger partial charge in [0.1, 0.15) is 11.5 Å². The summed E-state index contributed by atoms with van der Waals surface area (Å²) in [5.74, 6) is 1.87. The lowest BCUT2D eigenvalue weighted by Gasteiger charge is -2.13. The Morgan fingerprint density at radius 1 is 1.35 bits per heavy atom. The maximum atomic E-state index is 5.95. The summed E-state index contributed by atoms with van der Waals surface area (Å²) >= 11 is 0. The number of hydrogen-bond acceptors (Lipinski definition) is 3. The van der Waals surface area contributed by atoms with Crippen LogP contribution in [0.5, 0.6) is 11.5 Å². The van der Waals surface area contributed by atoms with Gasteiger partial charge in [0, 0.05) is 12.6 Å². The van der Waals surface area contributed by atoms with Crippen LogP contribution in [-0.2, 0) is 0 Å². The standard InChI is InChI=1S/C15H23N3O2/c1-4-15(7-8-15)10-17-14(16)18-12-9-11(19-2)5-6-13(12)20-3/h5-6,9H,4,7-8,10H2,1-3H3,(H3,16,17,18). The van der Waals surface area contributed by atoms with Gasteiger partial charge in [0.15, 0.2) is 5.96 Å². The van der Waals surface area contributed by atoms with E-state index in [4.69, 9.17) is 15.2 Å². The molecule has 110 valence electrons. The van der Waals surface area contributed by atoms with Crippen LogP contribution >= 0.6 is 0 Å². The van der Waals surface area contributed by atoms with Crippen LogP contribution < -0.4 is 20.5 Å². The molecule has 5 heteroatoms. The first-order chi connectivity index (χ1) is 9.62. The maximum Gasteiger partial charge on any atom is 0.193 e. The van der Waals surface area contributed by atoms with E-state index >= 15 is 0 Å². The fourth-order valence-electron chi connectivity index (χ4n) is 2.14. The topological polar surface area (TPSA) is 68.9 Å². The van der Waals surface area contributed by atoms with Gasteiger partial charge in [-0.15, -0.1) is 0 Å². The molecular formula is C15H23N3O2. The minimum absolute atomic E-state index is 0.394. The summed E-state index contributed by atoms with van der Waals surface area (Å²) in [7, 11) is 3.25. The van der Waals surface area contributed by atoms with E-state index in [0.717, 1.165) is 24.4 Å². The summed E-state index contributed by atoms with van der Waals surface area (Å²) in [6.45, 7) is 2.99. The Hall–Kier alpha value is -1.91. The third-order valence-corrected chi connectivity index (χ3v) is 3.96. The Labute approximate surface area is 120 Å². The third-order valence-electron chi connectivity index (χ3n) is 3.96. The van der Waals surface area contributed by atoms with Crippen LogP contribution in [0.2, 0.25) is 0 Å². The van der Waals surface area contributed by atoms with Crippen LogP contribution in [0.4, 0.5) is 5.69 Å². The fraction of sp³-hybridized carbons (Fsp3) is 0.533. The lowest BCUT2D eigenvalue weighted by molar-refractivity contribution is 0.405. The quantitative estimate of drug-likeness (QED) is 0.619. The maximum absolute atomic E-state index is 5.95. The van der Waals surface area contributed by atoms with E-state index in [1.165, 1.54) is 12.8 Å². The molecule has 0 aliphatic heterocycles. The summed E-state index contributed by atoms with van der Waals surface area (Å²) in [5.41, 5.74) is 7.11. The van der Waals surface area contributed by atoms with Crippen molar-refractivity contribution in [3.63, 3.8) is 0 Å². The molecule has 1 aliphatic rings. The number of nitrogens with zero attached hydrogens (tertiary/aromatic N) is 1. The van der Waals surface area contributed by atoms with Crippen molar-refractivity contribution in [1.29, 1.82) is 0 Å². The van der Waals surface area contributed by atoms with Crippen LogP contribution in [0, 0.1) is 5.41 Å². The number of guanidine groups is 1. The van der Waals surface area contributed by atoms with Gasteiger partial charge in [-0.1, -0.05) is 6.92 Å². The second-order valence-corrected chi connectivity index (χ2v) is 5.25. The van der Waals surface area contributed by atoms with Crippen molar-refractivity contribution in [2.45, 2.75) is 26.2 Å². The normalized spacial score (nSPS) is 16.6. The predicted octanol–water partition coefficient (Wildman–Crippen LogP) is 2.62. The van der Waals surface area contributed by atoms with Gasteiger partial charge in [-0.05, 0) is 36.8 Å². The molecule has 3 N–H and O–H groups in total. The lowest BCUT2D eigenvalue weighted by Crippen LogP contribution is -2.24. The Bertz CT molecular complexity index is 496. The van der Waals surface area contributed by atoms with Crippen molar-refractivity contribution >= 4 is 11.6 Å². The average Bonchev–Trinajstić information content (AvgIpc) is 3.25. The molecule has 0 saturated heterocycles. The molecule has 0 atom stereocenters. The highest BCUT2D eigenvalue weighted by molar-refractivity contribution is 5.94. The van der Waals surface area contributed by atoms with Crippen LogP contribution in [0.25, 0.3) is 0 Å². The van der Waals surface area contributed by atoms with Crippen molar-refractivity contribution in [3.05, 3.63) is 18.2 Å². The number of nitrogens with one attached hydrogen (secondary N) is 1. The smallest absolute Gasteiger partial charge is 0.193 e. The Morgan fingerprint density at radius 2 is 2.10 bits per heavy atom. The Balaban J connectivity index is 2.06. The predicted molar refractivity (Wildman–Crippen MR) is 81.6 cm³/mol. The molecular weight excluding hydrogens is 254 g/mol. The van der Waals surface area contributed by atoms with Crippen molar-refractivity contribution < 1.29 is 9.47 Å². The molecule has 0 unspecified atom stereocenters. The molecule has 1 aliphatic carbocycles. The second kappa shape index (κ2) is 6.03. The van der Waals surface area contributed by atoms with Crippen LogP contribution in [-0.4, -0.2) is 26.7 Å². The molecule has 0 aromatic heterocycles. The number of anilines is 1. The lowest BCUT2D eigenvalue weighted by atomic mass is 10.1. The minimum Gasteiger partial charge on any atom is -0.497 e. The number of rotatable bonds is 6. The molecule has 2 rings (SSSR count). The first-order valence-electron chi connectivity index (χ1n) is 6.91. The van der Waals surface area contributed by atoms with Crippen LogP contribution in [0.15, 0.2) is 23.2 Å². The van der Waals surface area contributed by atoms with Crippen molar-refractivity contribution in [1.82, 2.24) is 0 Å². The van der Waals surface area contributed by atoms with Gasteiger partial charge >= 0.3 is 0 Å². The van der Waals surface area contributed by atoms with Crippen molar-refractivity contribution in [3.8, 4) is 11.5 Å². The third kappa shape index (κ3) is 3.35. The molecule has 1 aromatic carbocycles. The molecule has 0 radical (unpaired) electrons. The van der Waals surface area contributed by atoms with Gasteiger partial charge in [0.2, 0.25) is 0 Å². The Kier molecular flexibility index (Phi) is 4.37. The molecule has 5 nitrogen and oxygen atoms in total. The zero-order chi connectivity index (χ0) is 14.6. The van der Waals surface area contributed by atoms with E-state index in [-0.39, 0.29) is 0 Å². The van der Waals surface area contributed by atoms with E-state index in [2.05, 4.69) is 17.2 Å². The van der Waals surface area contributed by atoms with Gasteiger partial charge < -0.3 is 20.5 Å². The molecule has 0 spiro atoms. The molecule has 0 bridgehead atoms. The minimum atomic E-state index is 0.394. The van der Waals surface area contributed by atoms with Crippen molar-refractivity contribution in [2.24, 2.45) is 16.1 Å². The highest BCUT2D eigenvalue weighted by Gasteiger charge is 2.40. The largest absolute Gasteiger partial charge is 0.497 e. The number of methoxy groups -OCH3 is 2. The molecule has 1 fully saturated rings. The number of benzene rings is 1. The van der Waals surface area contributed by atoms with Gasteiger partial charge in [0.05, 0.1) is 19.9 Å². The molecule has 20 heavy (non-hydrogen) atoms. The van der Waals surface area contributed by atoms with E-state index in [1.807, 2.05) is 18.2 Å². The first kappa shape index (κ1) is 14.5. The highest BCUT2D eigenvalue weighted by Crippen LogP contribution is 2.48. The zero-order valence-electron chi connectivity index (χ0n) is 12.4. The first-order valence-corrected chi connectivity index (χ1v) is 6.91. The van der Waals surface area contributed by atoms with Gasteiger partial charge in [-0.3, -0.25) is 4.99 Å². The number of aliphatic imine (C=N–C) groups is 1. The zero-order valence-corrected chi connectivity index (χ0v) is 12.4.